The lowest BCUT2D eigenvalue weighted by Gasteiger charge is -2.34. The third-order valence-corrected chi connectivity index (χ3v) is 11.1. The van der Waals surface area contributed by atoms with Crippen LogP contribution < -0.4 is 9.62 Å². The van der Waals surface area contributed by atoms with Crippen LogP contribution in [0.4, 0.5) is 5.69 Å². The van der Waals surface area contributed by atoms with Gasteiger partial charge >= 0.3 is 0 Å². The first-order valence-electron chi connectivity index (χ1n) is 15.4. The van der Waals surface area contributed by atoms with Gasteiger partial charge in [-0.05, 0) is 67.3 Å². The van der Waals surface area contributed by atoms with Crippen molar-refractivity contribution in [2.45, 2.75) is 62.6 Å². The molecule has 1 N–H and O–H groups in total. The zero-order chi connectivity index (χ0) is 33.6. The van der Waals surface area contributed by atoms with Gasteiger partial charge in [-0.2, -0.15) is 0 Å². The van der Waals surface area contributed by atoms with Crippen LogP contribution in [0, 0.1) is 6.92 Å². The van der Waals surface area contributed by atoms with Crippen molar-refractivity contribution >= 4 is 62.3 Å². The molecule has 1 fully saturated rings. The van der Waals surface area contributed by atoms with E-state index in [2.05, 4.69) is 5.32 Å². The molecule has 0 unspecified atom stereocenters. The highest BCUT2D eigenvalue weighted by Gasteiger charge is 2.36. The quantitative estimate of drug-likeness (QED) is 0.162. The summed E-state index contributed by atoms with van der Waals surface area (Å²) in [6.45, 7) is 1.22. The summed E-state index contributed by atoms with van der Waals surface area (Å²) in [4.78, 5) is 30.2. The topological polar surface area (TPSA) is 86.8 Å². The summed E-state index contributed by atoms with van der Waals surface area (Å²) in [5, 5.41) is 3.76. The van der Waals surface area contributed by atoms with Crippen molar-refractivity contribution in [2.24, 2.45) is 0 Å². The number of nitrogens with zero attached hydrogens (tertiary/aromatic N) is 2. The molecule has 5 rings (SSSR count). The maximum absolute atomic E-state index is 14.6. The standard InChI is InChI=1S/C36H36Cl3N3O4S/c1-25-17-19-30(20-18-25)47(45,46)42(32-16-8-15-31(38)35(32)39)24-34(43)41(23-27-11-7-12-28(37)21-27)33(22-26-9-3-2-4-10-26)36(44)40-29-13-5-6-14-29/h2-4,7-12,15-21,29,33H,5-6,13-14,22-24H2,1H3,(H,40,44)/t33-/m0/s1. The van der Waals surface area contributed by atoms with Crippen LogP contribution in [0.2, 0.25) is 15.1 Å². The van der Waals surface area contributed by atoms with Gasteiger partial charge < -0.3 is 10.2 Å². The first kappa shape index (κ1) is 34.8. The molecule has 4 aromatic rings. The monoisotopic (exact) mass is 711 g/mol. The molecular weight excluding hydrogens is 677 g/mol. The zero-order valence-electron chi connectivity index (χ0n) is 25.9. The molecule has 246 valence electrons. The number of carbonyl (C=O) groups is 2. The minimum absolute atomic E-state index is 0.00701. The molecule has 7 nitrogen and oxygen atoms in total. The molecule has 0 bridgehead atoms. The van der Waals surface area contributed by atoms with Gasteiger partial charge in [-0.15, -0.1) is 0 Å². The fourth-order valence-corrected chi connectivity index (χ4v) is 7.88. The molecule has 0 spiro atoms. The molecule has 1 saturated carbocycles. The van der Waals surface area contributed by atoms with Crippen LogP contribution in [0.1, 0.15) is 42.4 Å². The van der Waals surface area contributed by atoms with Crippen molar-refractivity contribution < 1.29 is 18.0 Å². The van der Waals surface area contributed by atoms with Gasteiger partial charge in [0.25, 0.3) is 10.0 Å². The van der Waals surface area contributed by atoms with Crippen molar-refractivity contribution in [1.29, 1.82) is 0 Å². The second-order valence-corrected chi connectivity index (χ2v) is 14.8. The largest absolute Gasteiger partial charge is 0.352 e. The van der Waals surface area contributed by atoms with Crippen LogP contribution in [0.3, 0.4) is 0 Å². The van der Waals surface area contributed by atoms with E-state index >= 15 is 0 Å². The Bertz CT molecular complexity index is 1820. The fourth-order valence-electron chi connectivity index (χ4n) is 5.79. The minimum Gasteiger partial charge on any atom is -0.352 e. The first-order chi connectivity index (χ1) is 22.5. The minimum atomic E-state index is -4.32. The number of hydrogen-bond donors (Lipinski definition) is 1. The number of halogens is 3. The van der Waals surface area contributed by atoms with E-state index in [4.69, 9.17) is 34.8 Å². The maximum atomic E-state index is 14.6. The van der Waals surface area contributed by atoms with Crippen LogP contribution in [0.15, 0.2) is 102 Å². The molecule has 0 aromatic heterocycles. The number of anilines is 1. The highest BCUT2D eigenvalue weighted by atomic mass is 35.5. The van der Waals surface area contributed by atoms with E-state index in [1.165, 1.54) is 23.1 Å². The Balaban J connectivity index is 1.59. The average Bonchev–Trinajstić information content (AvgIpc) is 3.56. The number of rotatable bonds is 12. The van der Waals surface area contributed by atoms with E-state index in [1.807, 2.05) is 43.3 Å². The molecule has 0 heterocycles. The molecule has 1 aliphatic carbocycles. The van der Waals surface area contributed by atoms with E-state index in [0.29, 0.717) is 10.6 Å². The molecule has 4 aromatic carbocycles. The van der Waals surface area contributed by atoms with Gasteiger partial charge in [0.2, 0.25) is 11.8 Å². The molecule has 2 amide bonds. The van der Waals surface area contributed by atoms with E-state index in [9.17, 15) is 18.0 Å². The molecule has 0 radical (unpaired) electrons. The van der Waals surface area contributed by atoms with Gasteiger partial charge in [-0.25, -0.2) is 8.42 Å². The third kappa shape index (κ3) is 8.68. The average molecular weight is 713 g/mol. The van der Waals surface area contributed by atoms with Crippen molar-refractivity contribution in [3.8, 4) is 0 Å². The van der Waals surface area contributed by atoms with Gasteiger partial charge in [-0.1, -0.05) is 114 Å². The van der Waals surface area contributed by atoms with Crippen LogP contribution in [0.25, 0.3) is 0 Å². The predicted octanol–water partition coefficient (Wildman–Crippen LogP) is 7.85. The zero-order valence-corrected chi connectivity index (χ0v) is 29.0. The van der Waals surface area contributed by atoms with Gasteiger partial charge in [0.05, 0.1) is 20.6 Å². The van der Waals surface area contributed by atoms with Crippen LogP contribution in [-0.2, 0) is 32.6 Å². The van der Waals surface area contributed by atoms with Gasteiger partial charge in [0.1, 0.15) is 12.6 Å². The van der Waals surface area contributed by atoms with Crippen molar-refractivity contribution in [3.63, 3.8) is 0 Å². The first-order valence-corrected chi connectivity index (χ1v) is 18.0. The number of nitrogens with one attached hydrogen (secondary N) is 1. The number of benzene rings is 4. The number of aryl methyl sites for hydroxylation is 1. The molecule has 1 aliphatic rings. The number of carbonyl (C=O) groups excluding carboxylic acids is 2. The van der Waals surface area contributed by atoms with E-state index in [1.54, 1.807) is 42.5 Å². The number of hydrogen-bond acceptors (Lipinski definition) is 4. The Morgan fingerprint density at radius 2 is 1.51 bits per heavy atom. The Labute approximate surface area is 291 Å². The second kappa shape index (κ2) is 15.6. The lowest BCUT2D eigenvalue weighted by Crippen LogP contribution is -2.54. The Hall–Kier alpha value is -3.56. The van der Waals surface area contributed by atoms with Crippen LogP contribution >= 0.6 is 34.8 Å². The Morgan fingerprint density at radius 3 is 2.19 bits per heavy atom. The fraction of sp³-hybridized carbons (Fsp3) is 0.278. The van der Waals surface area contributed by atoms with Crippen molar-refractivity contribution in [3.05, 3.63) is 129 Å². The van der Waals surface area contributed by atoms with Gasteiger partial charge in [0.15, 0.2) is 0 Å². The molecule has 0 aliphatic heterocycles. The summed E-state index contributed by atoms with van der Waals surface area (Å²) in [7, 11) is -4.32. The molecular formula is C36H36Cl3N3O4S. The smallest absolute Gasteiger partial charge is 0.264 e. The van der Waals surface area contributed by atoms with Gasteiger partial charge in [-0.3, -0.25) is 13.9 Å². The summed E-state index contributed by atoms with van der Waals surface area (Å²) < 4.78 is 29.5. The van der Waals surface area contributed by atoms with E-state index < -0.39 is 28.5 Å². The summed E-state index contributed by atoms with van der Waals surface area (Å²) in [5.41, 5.74) is 2.46. The highest BCUT2D eigenvalue weighted by molar-refractivity contribution is 7.92. The molecule has 47 heavy (non-hydrogen) atoms. The summed E-state index contributed by atoms with van der Waals surface area (Å²) >= 11 is 19.3. The normalized spacial score (nSPS) is 14.0. The van der Waals surface area contributed by atoms with Crippen molar-refractivity contribution in [1.82, 2.24) is 10.2 Å². The molecule has 0 saturated heterocycles. The second-order valence-electron chi connectivity index (χ2n) is 11.7. The summed E-state index contributed by atoms with van der Waals surface area (Å²) in [6, 6.07) is 26.5. The predicted molar refractivity (Wildman–Crippen MR) is 189 cm³/mol. The van der Waals surface area contributed by atoms with E-state index in [0.717, 1.165) is 41.1 Å². The number of amides is 2. The van der Waals surface area contributed by atoms with Crippen LogP contribution in [0.5, 0.6) is 0 Å². The Kier molecular flexibility index (Phi) is 11.5. The lowest BCUT2D eigenvalue weighted by molar-refractivity contribution is -0.140. The maximum Gasteiger partial charge on any atom is 0.264 e. The van der Waals surface area contributed by atoms with Gasteiger partial charge in [0, 0.05) is 24.0 Å². The lowest BCUT2D eigenvalue weighted by atomic mass is 10.0. The van der Waals surface area contributed by atoms with Crippen molar-refractivity contribution in [2.75, 3.05) is 10.8 Å². The van der Waals surface area contributed by atoms with Crippen LogP contribution in [-0.4, -0.2) is 43.8 Å². The van der Waals surface area contributed by atoms with E-state index in [-0.39, 0.29) is 45.5 Å². The summed E-state index contributed by atoms with van der Waals surface area (Å²) in [6.07, 6.45) is 3.98. The molecule has 1 atom stereocenters. The summed E-state index contributed by atoms with van der Waals surface area (Å²) in [5.74, 6) is -0.899. The SMILES string of the molecule is Cc1ccc(S(=O)(=O)N(CC(=O)N(Cc2cccc(Cl)c2)[C@@H](Cc2ccccc2)C(=O)NC2CCCC2)c2cccc(Cl)c2Cl)cc1. The number of sulfonamides is 1. The highest BCUT2D eigenvalue weighted by Crippen LogP contribution is 2.36. The Morgan fingerprint density at radius 1 is 0.851 bits per heavy atom. The molecule has 11 heteroatoms. The third-order valence-electron chi connectivity index (χ3n) is 8.30.